The van der Waals surface area contributed by atoms with Crippen LogP contribution in [0.1, 0.15) is 53.3 Å². The molecule has 0 aliphatic carbocycles. The lowest BCUT2D eigenvalue weighted by atomic mass is 10.0. The first-order valence-corrected chi connectivity index (χ1v) is 13.9. The smallest absolute Gasteiger partial charge is 0.337 e. The lowest BCUT2D eigenvalue weighted by molar-refractivity contribution is 0.0600. The fourth-order valence-electron chi connectivity index (χ4n) is 4.40. The third-order valence-corrected chi connectivity index (χ3v) is 9.31. The first-order chi connectivity index (χ1) is 17.3. The maximum atomic E-state index is 13.2. The summed E-state index contributed by atoms with van der Waals surface area (Å²) < 4.78 is 35.2. The molecule has 4 rings (SSSR count). The van der Waals surface area contributed by atoms with Gasteiger partial charge in [-0.25, -0.2) is 13.2 Å². The van der Waals surface area contributed by atoms with Crippen molar-refractivity contribution in [3.05, 3.63) is 58.4 Å². The van der Waals surface area contributed by atoms with Gasteiger partial charge < -0.3 is 9.30 Å². The van der Waals surface area contributed by atoms with Crippen molar-refractivity contribution in [1.29, 1.82) is 0 Å². The Labute approximate surface area is 214 Å². The third kappa shape index (κ3) is 5.00. The molecule has 8 nitrogen and oxygen atoms in total. The predicted molar refractivity (Wildman–Crippen MR) is 138 cm³/mol. The Morgan fingerprint density at radius 1 is 1.17 bits per heavy atom. The number of piperidine rings is 1. The zero-order valence-electron chi connectivity index (χ0n) is 20.1. The normalized spacial score (nSPS) is 17.1. The van der Waals surface area contributed by atoms with Gasteiger partial charge in [-0.1, -0.05) is 30.6 Å². The van der Waals surface area contributed by atoms with E-state index < -0.39 is 21.9 Å². The fourth-order valence-corrected chi connectivity index (χ4v) is 7.24. The van der Waals surface area contributed by atoms with Crippen LogP contribution >= 0.6 is 11.3 Å². The molecule has 1 aliphatic rings. The van der Waals surface area contributed by atoms with Gasteiger partial charge in [0.05, 0.1) is 34.3 Å². The number of methoxy groups -OCH3 is 1. The number of carbonyl (C=O) groups is 2. The lowest BCUT2D eigenvalue weighted by Crippen LogP contribution is -2.43. The number of sulfonamides is 1. The van der Waals surface area contributed by atoms with Crippen molar-refractivity contribution in [1.82, 2.24) is 8.87 Å². The molecule has 1 saturated heterocycles. The van der Waals surface area contributed by atoms with Crippen LogP contribution in [-0.4, -0.2) is 48.9 Å². The van der Waals surface area contributed by atoms with Crippen molar-refractivity contribution in [2.24, 2.45) is 4.99 Å². The van der Waals surface area contributed by atoms with E-state index in [0.717, 1.165) is 35.9 Å². The van der Waals surface area contributed by atoms with Crippen LogP contribution in [-0.2, 0) is 21.3 Å². The lowest BCUT2D eigenvalue weighted by Gasteiger charge is -2.34. The minimum absolute atomic E-state index is 0.000631. The Morgan fingerprint density at radius 2 is 1.89 bits per heavy atom. The average Bonchev–Trinajstić information content (AvgIpc) is 3.24. The first kappa shape index (κ1) is 25.8. The molecule has 10 heteroatoms. The molecule has 188 valence electrons. The van der Waals surface area contributed by atoms with Crippen LogP contribution in [0.15, 0.2) is 52.4 Å². The van der Waals surface area contributed by atoms with Crippen LogP contribution in [0.4, 0.5) is 0 Å². The van der Waals surface area contributed by atoms with Gasteiger partial charge in [-0.3, -0.25) is 4.79 Å². The fraction of sp³-hybridized carbons (Fsp3) is 0.346. The number of amides is 1. The van der Waals surface area contributed by atoms with Crippen molar-refractivity contribution in [2.75, 3.05) is 13.7 Å². The molecule has 36 heavy (non-hydrogen) atoms. The monoisotopic (exact) mass is 525 g/mol. The summed E-state index contributed by atoms with van der Waals surface area (Å²) in [6.45, 7) is 2.70. The maximum absolute atomic E-state index is 13.2. The van der Waals surface area contributed by atoms with E-state index in [1.807, 2.05) is 6.92 Å². The molecule has 0 saturated carbocycles. The van der Waals surface area contributed by atoms with Crippen molar-refractivity contribution < 1.29 is 22.7 Å². The Hall–Kier alpha value is -3.26. The number of esters is 1. The van der Waals surface area contributed by atoms with E-state index in [0.29, 0.717) is 16.9 Å². The van der Waals surface area contributed by atoms with E-state index in [1.54, 1.807) is 27.1 Å². The molecule has 2 heterocycles. The second-order valence-corrected chi connectivity index (χ2v) is 11.4. The molecule has 1 amide bonds. The van der Waals surface area contributed by atoms with E-state index in [9.17, 15) is 18.0 Å². The SMILES string of the molecule is C#CCn1c(=NC(=O)c2ccc(S(=O)(=O)N3CCCCC3CC)cc2)sc2cc(C(=O)OC)ccc21. The minimum atomic E-state index is -3.64. The predicted octanol–water partition coefficient (Wildman–Crippen LogP) is 3.82. The summed E-state index contributed by atoms with van der Waals surface area (Å²) in [7, 11) is -2.33. The van der Waals surface area contributed by atoms with Crippen LogP contribution in [0, 0.1) is 12.3 Å². The Morgan fingerprint density at radius 3 is 2.56 bits per heavy atom. The molecule has 0 bridgehead atoms. The van der Waals surface area contributed by atoms with Crippen LogP contribution in [0.3, 0.4) is 0 Å². The highest BCUT2D eigenvalue weighted by Gasteiger charge is 2.32. The summed E-state index contributed by atoms with van der Waals surface area (Å²) in [6.07, 6.45) is 9.03. The largest absolute Gasteiger partial charge is 0.465 e. The van der Waals surface area contributed by atoms with Gasteiger partial charge in [0.1, 0.15) is 0 Å². The summed E-state index contributed by atoms with van der Waals surface area (Å²) in [6, 6.07) is 10.9. The second-order valence-electron chi connectivity index (χ2n) is 8.46. The van der Waals surface area contributed by atoms with Crippen LogP contribution in [0.25, 0.3) is 10.2 Å². The number of hydrogen-bond acceptors (Lipinski definition) is 6. The van der Waals surface area contributed by atoms with Crippen molar-refractivity contribution in [3.63, 3.8) is 0 Å². The van der Waals surface area contributed by atoms with Gasteiger partial charge in [0.15, 0.2) is 4.80 Å². The Balaban J connectivity index is 1.66. The number of benzene rings is 2. The third-order valence-electron chi connectivity index (χ3n) is 6.30. The summed E-state index contributed by atoms with van der Waals surface area (Å²) in [5, 5.41) is 0. The van der Waals surface area contributed by atoms with E-state index in [2.05, 4.69) is 10.9 Å². The summed E-state index contributed by atoms with van der Waals surface area (Å²) in [5.74, 6) is 1.58. The molecule has 0 spiro atoms. The average molecular weight is 526 g/mol. The molecule has 1 unspecified atom stereocenters. The van der Waals surface area contributed by atoms with Crippen molar-refractivity contribution in [3.8, 4) is 12.3 Å². The number of hydrogen-bond donors (Lipinski definition) is 0. The van der Waals surface area contributed by atoms with Gasteiger partial charge in [-0.05, 0) is 61.7 Å². The number of carbonyl (C=O) groups excluding carboxylic acids is 2. The summed E-state index contributed by atoms with van der Waals surface area (Å²) in [5.41, 5.74) is 1.39. The standard InChI is InChI=1S/C26H27N3O5S2/c1-4-15-28-22-14-11-19(25(31)34-3)17-23(22)35-26(28)27-24(30)18-9-12-21(13-10-18)36(32,33)29-16-7-6-8-20(29)5-2/h1,9-14,17,20H,5-8,15-16H2,2-3H3. The molecule has 0 N–H and O–H groups in total. The second kappa shape index (κ2) is 10.8. The van der Waals surface area contributed by atoms with E-state index >= 15 is 0 Å². The molecule has 1 aromatic heterocycles. The van der Waals surface area contributed by atoms with Gasteiger partial charge in [-0.2, -0.15) is 9.30 Å². The number of ether oxygens (including phenoxy) is 1. The molecule has 2 aromatic carbocycles. The number of terminal acetylenes is 1. The molecule has 1 atom stereocenters. The number of nitrogens with zero attached hydrogens (tertiary/aromatic N) is 3. The highest BCUT2D eigenvalue weighted by Crippen LogP contribution is 2.27. The maximum Gasteiger partial charge on any atom is 0.337 e. The van der Waals surface area contributed by atoms with Gasteiger partial charge in [0, 0.05) is 18.2 Å². The Bertz CT molecular complexity index is 1510. The van der Waals surface area contributed by atoms with Crippen LogP contribution < -0.4 is 4.80 Å². The number of thiazole rings is 1. The van der Waals surface area contributed by atoms with Gasteiger partial charge in [-0.15, -0.1) is 6.42 Å². The number of rotatable bonds is 6. The first-order valence-electron chi connectivity index (χ1n) is 11.7. The molecule has 3 aromatic rings. The quantitative estimate of drug-likeness (QED) is 0.360. The number of aromatic nitrogens is 1. The Kier molecular flexibility index (Phi) is 7.73. The topological polar surface area (TPSA) is 98.0 Å². The zero-order chi connectivity index (χ0) is 25.9. The van der Waals surface area contributed by atoms with E-state index in [1.165, 1.54) is 42.7 Å². The molecule has 0 radical (unpaired) electrons. The molecular formula is C26H27N3O5S2. The minimum Gasteiger partial charge on any atom is -0.465 e. The highest BCUT2D eigenvalue weighted by molar-refractivity contribution is 7.89. The van der Waals surface area contributed by atoms with Crippen LogP contribution in [0.5, 0.6) is 0 Å². The highest BCUT2D eigenvalue weighted by atomic mass is 32.2. The van der Waals surface area contributed by atoms with Gasteiger partial charge >= 0.3 is 5.97 Å². The van der Waals surface area contributed by atoms with Crippen LogP contribution in [0.2, 0.25) is 0 Å². The van der Waals surface area contributed by atoms with Crippen molar-refractivity contribution in [2.45, 2.75) is 50.1 Å². The summed E-state index contributed by atoms with van der Waals surface area (Å²) >= 11 is 1.23. The molecule has 1 fully saturated rings. The number of fused-ring (bicyclic) bond motifs is 1. The van der Waals surface area contributed by atoms with Gasteiger partial charge in [0.25, 0.3) is 5.91 Å². The van der Waals surface area contributed by atoms with Crippen molar-refractivity contribution >= 4 is 43.5 Å². The van der Waals surface area contributed by atoms with Gasteiger partial charge in [0.2, 0.25) is 10.0 Å². The van der Waals surface area contributed by atoms with E-state index in [4.69, 9.17) is 11.2 Å². The zero-order valence-corrected chi connectivity index (χ0v) is 21.8. The summed E-state index contributed by atoms with van der Waals surface area (Å²) in [4.78, 5) is 29.7. The molecular weight excluding hydrogens is 498 g/mol. The molecule has 1 aliphatic heterocycles. The van der Waals surface area contributed by atoms with E-state index in [-0.39, 0.29) is 23.0 Å².